The first kappa shape index (κ1) is 18.2. The number of aromatic nitrogens is 2. The van der Waals surface area contributed by atoms with Gasteiger partial charge in [0, 0.05) is 19.3 Å². The lowest BCUT2D eigenvalue weighted by Crippen LogP contribution is -2.25. The molecule has 5 nitrogen and oxygen atoms in total. The van der Waals surface area contributed by atoms with Crippen LogP contribution in [0.3, 0.4) is 0 Å². The van der Waals surface area contributed by atoms with Gasteiger partial charge in [0.25, 0.3) is 0 Å². The fourth-order valence-corrected chi connectivity index (χ4v) is 2.98. The third-order valence-electron chi connectivity index (χ3n) is 4.39. The van der Waals surface area contributed by atoms with E-state index in [9.17, 15) is 18.0 Å². The molecule has 0 radical (unpaired) electrons. The first-order valence-electron chi connectivity index (χ1n) is 8.45. The molecule has 2 aromatic rings. The number of alkyl halides is 3. The monoisotopic (exact) mass is 364 g/mol. The summed E-state index contributed by atoms with van der Waals surface area (Å²) in [7, 11) is 0. The van der Waals surface area contributed by atoms with Crippen molar-refractivity contribution in [3.8, 4) is 0 Å². The maximum Gasteiger partial charge on any atom is 0.417 e. The van der Waals surface area contributed by atoms with E-state index in [2.05, 4.69) is 14.9 Å². The second kappa shape index (κ2) is 7.31. The van der Waals surface area contributed by atoms with Crippen LogP contribution in [0.1, 0.15) is 47.3 Å². The van der Waals surface area contributed by atoms with Gasteiger partial charge >= 0.3 is 6.18 Å². The van der Waals surface area contributed by atoms with E-state index in [0.29, 0.717) is 12.0 Å². The minimum Gasteiger partial charge on any atom is -0.383 e. The standard InChI is InChI=1S/C18H19F3N4O/c19-18(20,21)12-10-13(17(22)23-11-12)16(26)14-6-5-7-15(24-14)25-8-3-1-2-4-9-25/h5-7,10-11H,1-4,8-9H2,(H2,22,23). The van der Waals surface area contributed by atoms with Crippen LogP contribution in [0.25, 0.3) is 0 Å². The van der Waals surface area contributed by atoms with Crippen LogP contribution >= 0.6 is 0 Å². The highest BCUT2D eigenvalue weighted by molar-refractivity contribution is 6.10. The molecule has 0 aromatic carbocycles. The largest absolute Gasteiger partial charge is 0.417 e. The number of nitrogens with zero attached hydrogens (tertiary/aromatic N) is 3. The summed E-state index contributed by atoms with van der Waals surface area (Å²) in [5.41, 5.74) is 4.38. The molecule has 1 aliphatic heterocycles. The second-order valence-electron chi connectivity index (χ2n) is 6.27. The Balaban J connectivity index is 1.92. The van der Waals surface area contributed by atoms with E-state index in [0.717, 1.165) is 44.8 Å². The van der Waals surface area contributed by atoms with E-state index in [-0.39, 0.29) is 17.1 Å². The summed E-state index contributed by atoms with van der Waals surface area (Å²) < 4.78 is 38.7. The van der Waals surface area contributed by atoms with Gasteiger partial charge in [0.1, 0.15) is 17.3 Å². The molecule has 0 unspecified atom stereocenters. The van der Waals surface area contributed by atoms with Crippen molar-refractivity contribution in [2.45, 2.75) is 31.9 Å². The predicted molar refractivity (Wildman–Crippen MR) is 92.0 cm³/mol. The molecule has 0 amide bonds. The van der Waals surface area contributed by atoms with E-state index < -0.39 is 17.5 Å². The number of nitrogens with two attached hydrogens (primary N) is 1. The van der Waals surface area contributed by atoms with Gasteiger partial charge in [-0.1, -0.05) is 18.9 Å². The van der Waals surface area contributed by atoms with Gasteiger partial charge in [0.15, 0.2) is 0 Å². The Morgan fingerprint density at radius 3 is 2.46 bits per heavy atom. The number of nitrogen functional groups attached to an aromatic ring is 1. The molecule has 1 saturated heterocycles. The summed E-state index contributed by atoms with van der Waals surface area (Å²) in [4.78, 5) is 22.7. The number of hydrogen-bond donors (Lipinski definition) is 1. The lowest BCUT2D eigenvalue weighted by atomic mass is 10.1. The van der Waals surface area contributed by atoms with Gasteiger partial charge in [-0.2, -0.15) is 13.2 Å². The van der Waals surface area contributed by atoms with Crippen molar-refractivity contribution in [1.29, 1.82) is 0 Å². The molecule has 1 fully saturated rings. The Morgan fingerprint density at radius 2 is 1.81 bits per heavy atom. The van der Waals surface area contributed by atoms with Crippen LogP contribution in [0, 0.1) is 0 Å². The zero-order valence-corrected chi connectivity index (χ0v) is 14.1. The normalized spacial score (nSPS) is 15.6. The van der Waals surface area contributed by atoms with E-state index >= 15 is 0 Å². The quantitative estimate of drug-likeness (QED) is 0.841. The molecular weight excluding hydrogens is 345 g/mol. The second-order valence-corrected chi connectivity index (χ2v) is 6.27. The first-order valence-corrected chi connectivity index (χ1v) is 8.45. The summed E-state index contributed by atoms with van der Waals surface area (Å²) in [5, 5.41) is 0. The molecule has 0 spiro atoms. The average molecular weight is 364 g/mol. The van der Waals surface area contributed by atoms with Gasteiger partial charge in [0.05, 0.1) is 11.1 Å². The maximum absolute atomic E-state index is 12.9. The Bertz CT molecular complexity index is 799. The molecular formula is C18H19F3N4O. The van der Waals surface area contributed by atoms with Crippen molar-refractivity contribution >= 4 is 17.4 Å². The Labute approximate surface area is 149 Å². The smallest absolute Gasteiger partial charge is 0.383 e. The minimum absolute atomic E-state index is 0.0552. The third kappa shape index (κ3) is 3.95. The number of pyridine rings is 2. The van der Waals surface area contributed by atoms with Gasteiger partial charge < -0.3 is 10.6 Å². The van der Waals surface area contributed by atoms with Gasteiger partial charge in [-0.05, 0) is 31.0 Å². The molecule has 0 aliphatic carbocycles. The van der Waals surface area contributed by atoms with Crippen molar-refractivity contribution in [1.82, 2.24) is 9.97 Å². The van der Waals surface area contributed by atoms with E-state index in [1.165, 1.54) is 6.07 Å². The van der Waals surface area contributed by atoms with Crippen molar-refractivity contribution in [3.05, 3.63) is 47.3 Å². The summed E-state index contributed by atoms with van der Waals surface area (Å²) in [6.07, 6.45) is 0.419. The number of rotatable bonds is 3. The molecule has 3 heterocycles. The van der Waals surface area contributed by atoms with Crippen LogP contribution in [0.5, 0.6) is 0 Å². The van der Waals surface area contributed by atoms with Crippen molar-refractivity contribution in [2.75, 3.05) is 23.7 Å². The van der Waals surface area contributed by atoms with Crippen LogP contribution < -0.4 is 10.6 Å². The SMILES string of the molecule is Nc1ncc(C(F)(F)F)cc1C(=O)c1cccc(N2CCCCCC2)n1. The third-order valence-corrected chi connectivity index (χ3v) is 4.39. The Hall–Kier alpha value is -2.64. The van der Waals surface area contributed by atoms with Crippen LogP contribution in [0.4, 0.5) is 24.8 Å². The van der Waals surface area contributed by atoms with Gasteiger partial charge in [-0.3, -0.25) is 4.79 Å². The highest BCUT2D eigenvalue weighted by atomic mass is 19.4. The van der Waals surface area contributed by atoms with Crippen LogP contribution in [-0.2, 0) is 6.18 Å². The lowest BCUT2D eigenvalue weighted by molar-refractivity contribution is -0.137. The Morgan fingerprint density at radius 1 is 1.12 bits per heavy atom. The number of anilines is 2. The summed E-state index contributed by atoms with van der Waals surface area (Å²) >= 11 is 0. The number of carbonyl (C=O) groups is 1. The minimum atomic E-state index is -4.60. The molecule has 0 atom stereocenters. The number of halogens is 3. The molecule has 2 N–H and O–H groups in total. The summed E-state index contributed by atoms with van der Waals surface area (Å²) in [6, 6.07) is 5.68. The number of ketones is 1. The highest BCUT2D eigenvalue weighted by Gasteiger charge is 2.32. The van der Waals surface area contributed by atoms with Crippen molar-refractivity contribution in [3.63, 3.8) is 0 Å². The molecule has 8 heteroatoms. The first-order chi connectivity index (χ1) is 12.4. The molecule has 3 rings (SSSR count). The maximum atomic E-state index is 12.9. The van der Waals surface area contributed by atoms with E-state index in [1.807, 2.05) is 0 Å². The van der Waals surface area contributed by atoms with Gasteiger partial charge in [-0.25, -0.2) is 9.97 Å². The topological polar surface area (TPSA) is 72.1 Å². The van der Waals surface area contributed by atoms with Gasteiger partial charge in [-0.15, -0.1) is 0 Å². The zero-order chi connectivity index (χ0) is 18.7. The fraction of sp³-hybridized carbons (Fsp3) is 0.389. The fourth-order valence-electron chi connectivity index (χ4n) is 2.98. The number of carbonyl (C=O) groups excluding carboxylic acids is 1. The lowest BCUT2D eigenvalue weighted by Gasteiger charge is -2.21. The summed E-state index contributed by atoms with van der Waals surface area (Å²) in [5.74, 6) is -0.265. The van der Waals surface area contributed by atoms with Crippen LogP contribution in [0.2, 0.25) is 0 Å². The molecule has 26 heavy (non-hydrogen) atoms. The van der Waals surface area contributed by atoms with E-state index in [1.54, 1.807) is 12.1 Å². The van der Waals surface area contributed by atoms with E-state index in [4.69, 9.17) is 5.73 Å². The molecule has 1 aliphatic rings. The van der Waals surface area contributed by atoms with Crippen molar-refractivity contribution < 1.29 is 18.0 Å². The van der Waals surface area contributed by atoms with Gasteiger partial charge in [0.2, 0.25) is 5.78 Å². The molecule has 2 aromatic heterocycles. The van der Waals surface area contributed by atoms with Crippen molar-refractivity contribution in [2.24, 2.45) is 0 Å². The zero-order valence-electron chi connectivity index (χ0n) is 14.1. The van der Waals surface area contributed by atoms with Crippen LogP contribution in [0.15, 0.2) is 30.5 Å². The number of hydrogen-bond acceptors (Lipinski definition) is 5. The average Bonchev–Trinajstić information content (AvgIpc) is 2.90. The molecule has 0 bridgehead atoms. The summed E-state index contributed by atoms with van der Waals surface area (Å²) in [6.45, 7) is 1.69. The predicted octanol–water partition coefficient (Wildman–Crippen LogP) is 3.69. The van der Waals surface area contributed by atoms with Crippen LogP contribution in [-0.4, -0.2) is 28.8 Å². The Kier molecular flexibility index (Phi) is 5.11. The molecule has 0 saturated carbocycles. The molecule has 138 valence electrons. The highest BCUT2D eigenvalue weighted by Crippen LogP contribution is 2.31.